The van der Waals surface area contributed by atoms with E-state index in [4.69, 9.17) is 25.1 Å². The summed E-state index contributed by atoms with van der Waals surface area (Å²) in [7, 11) is 0. The molecule has 0 spiro atoms. The van der Waals surface area contributed by atoms with Crippen LogP contribution in [0.25, 0.3) is 31.3 Å². The molecule has 18 heteroatoms. The lowest BCUT2D eigenvalue weighted by Gasteiger charge is -2.23. The highest BCUT2D eigenvalue weighted by molar-refractivity contribution is 7.17. The van der Waals surface area contributed by atoms with Crippen molar-refractivity contribution in [1.82, 2.24) is 20.3 Å². The molecule has 0 aliphatic heterocycles. The fourth-order valence-electron chi connectivity index (χ4n) is 7.50. The Hall–Kier alpha value is -7.64. The number of carbonyl (C=O) groups is 5. The summed E-state index contributed by atoms with van der Waals surface area (Å²) in [6, 6.07) is 39.7. The summed E-state index contributed by atoms with van der Waals surface area (Å²) < 4.78 is 16.3. The van der Waals surface area contributed by atoms with Gasteiger partial charge < -0.3 is 30.4 Å². The summed E-state index contributed by atoms with van der Waals surface area (Å²) in [5, 5.41) is 12.9. The van der Waals surface area contributed by atoms with Gasteiger partial charge in [-0.1, -0.05) is 125 Å². The van der Waals surface area contributed by atoms with E-state index in [0.717, 1.165) is 78.8 Å². The van der Waals surface area contributed by atoms with Crippen LogP contribution < -0.4 is 20.5 Å². The standard InChI is InChI=1S/C25H28N2O3S.C15H17NO2S.C13H13NO2S.C12H17NO2.CH4.B/c1-6-18-7-11-20(12-8-18)22-16(2)27-24(31-22)23(29)26-15-19-9-13-21(14-10-19)30-25(4,5)17(3)28;1-4-11-6-8-12(9-7-11)13-10(3)16-14(19-13)15(17)18-5-2;1-3-9-4-6-10(7-5-9)11-8(2)14-12(17-11)13(15)16;1-9(14)12(2,3)15-11-6-4-10(8-13)5-7-11;;/h7-14H,6,15H2,1-5H3,(H,26,29);6-9H,4-5H2,1-3H3;4-7H,3H2,1-2H3,(H,15,16);4-7H,8,13H2,1-3H3;1H4;. The number of amides is 1. The molecule has 0 saturated heterocycles. The number of Topliss-reactive ketones (excluding diaryl/α,β-unsaturated/α-hetero) is 2. The second-order valence-electron chi connectivity index (χ2n) is 20.0. The predicted octanol–water partition coefficient (Wildman–Crippen LogP) is 14.7. The summed E-state index contributed by atoms with van der Waals surface area (Å²) in [6.45, 7) is 25.1. The van der Waals surface area contributed by atoms with Crippen molar-refractivity contribution in [3.05, 3.63) is 181 Å². The van der Waals surface area contributed by atoms with Crippen molar-refractivity contribution in [2.45, 2.75) is 141 Å². The van der Waals surface area contributed by atoms with Crippen LogP contribution in [0.5, 0.6) is 11.5 Å². The normalized spacial score (nSPS) is 10.6. The second-order valence-corrected chi connectivity index (χ2v) is 23.0. The van der Waals surface area contributed by atoms with E-state index in [1.165, 1.54) is 64.5 Å². The Morgan fingerprint density at radius 3 is 1.15 bits per heavy atom. The number of aryl methyl sites for hydroxylation is 6. The number of hydrogen-bond donors (Lipinski definition) is 3. The zero-order valence-corrected chi connectivity index (χ0v) is 52.2. The van der Waals surface area contributed by atoms with Crippen LogP contribution in [0.15, 0.2) is 121 Å². The van der Waals surface area contributed by atoms with Crippen LogP contribution in [0.4, 0.5) is 0 Å². The molecule has 14 nitrogen and oxygen atoms in total. The number of carboxylic acid groups (broad SMARTS) is 1. The van der Waals surface area contributed by atoms with Gasteiger partial charge in [-0.05, 0) is 157 Å². The molecule has 4 N–H and O–H groups in total. The van der Waals surface area contributed by atoms with E-state index in [-0.39, 0.29) is 44.3 Å². The van der Waals surface area contributed by atoms with Crippen molar-refractivity contribution >= 4 is 71.8 Å². The Labute approximate surface area is 509 Å². The molecule has 0 aliphatic carbocycles. The van der Waals surface area contributed by atoms with Gasteiger partial charge in [-0.25, -0.2) is 24.5 Å². The van der Waals surface area contributed by atoms with Crippen molar-refractivity contribution in [3.8, 4) is 42.8 Å². The number of rotatable bonds is 19. The summed E-state index contributed by atoms with van der Waals surface area (Å²) >= 11 is 4.02. The number of aromatic nitrogens is 3. The Morgan fingerprint density at radius 1 is 0.512 bits per heavy atom. The number of ether oxygens (including phenoxy) is 3. The molecule has 443 valence electrons. The minimum Gasteiger partial charge on any atom is -0.480 e. The van der Waals surface area contributed by atoms with Crippen LogP contribution in [-0.4, -0.2) is 75.7 Å². The Morgan fingerprint density at radius 2 is 0.833 bits per heavy atom. The number of nitrogens with two attached hydrogens (primary N) is 1. The molecule has 0 atom stereocenters. The SMILES string of the molecule is C.CC(=O)C(C)(C)Oc1ccc(CN)cc1.CCOC(=O)c1nc(C)c(-c2ccc(CC)cc2)s1.CCc1ccc(-c2sc(C(=O)NCc3ccc(OC(C)(C)C(C)=O)cc3)nc2C)cc1.CCc1ccc(-c2sc(C(=O)O)nc2C)cc1.[B]. The molecule has 5 aromatic carbocycles. The summed E-state index contributed by atoms with van der Waals surface area (Å²) in [5.74, 6) is -0.227. The highest BCUT2D eigenvalue weighted by Gasteiger charge is 2.27. The number of nitrogens with zero attached hydrogens (tertiary/aromatic N) is 3. The zero-order chi connectivity index (χ0) is 60.3. The number of thiazole rings is 3. The van der Waals surface area contributed by atoms with E-state index in [1.807, 2.05) is 69.3 Å². The maximum Gasteiger partial charge on any atom is 0.367 e. The molecule has 0 aliphatic rings. The van der Waals surface area contributed by atoms with Crippen LogP contribution in [0, 0.1) is 20.8 Å². The highest BCUT2D eigenvalue weighted by atomic mass is 32.1. The summed E-state index contributed by atoms with van der Waals surface area (Å²) in [4.78, 5) is 73.8. The lowest BCUT2D eigenvalue weighted by molar-refractivity contribution is -0.130. The predicted molar refractivity (Wildman–Crippen MR) is 343 cm³/mol. The third-order valence-electron chi connectivity index (χ3n) is 13.1. The molecule has 8 rings (SSSR count). The quantitative estimate of drug-likeness (QED) is 0.0509. The van der Waals surface area contributed by atoms with E-state index < -0.39 is 17.2 Å². The van der Waals surface area contributed by atoms with Crippen molar-refractivity contribution in [3.63, 3.8) is 0 Å². The van der Waals surface area contributed by atoms with E-state index in [2.05, 4.69) is 102 Å². The van der Waals surface area contributed by atoms with Gasteiger partial charge in [-0.15, -0.1) is 34.0 Å². The fraction of sp³-hybridized carbons (Fsp3) is 0.333. The Kier molecular flexibility index (Phi) is 27.8. The third kappa shape index (κ3) is 20.3. The van der Waals surface area contributed by atoms with Gasteiger partial charge in [-0.2, -0.15) is 0 Å². The molecule has 3 heterocycles. The monoisotopic (exact) mass is 1190 g/mol. The number of carboxylic acids is 1. The molecule has 3 aromatic heterocycles. The van der Waals surface area contributed by atoms with Gasteiger partial charge in [0.25, 0.3) is 5.91 Å². The van der Waals surface area contributed by atoms with Gasteiger partial charge in [0.05, 0.1) is 38.3 Å². The number of esters is 1. The van der Waals surface area contributed by atoms with Crippen molar-refractivity contribution in [2.75, 3.05) is 6.61 Å². The topological polar surface area (TPSA) is 210 Å². The first kappa shape index (κ1) is 70.6. The molecule has 3 radical (unpaired) electrons. The minimum atomic E-state index is -0.963. The number of benzene rings is 5. The highest BCUT2D eigenvalue weighted by Crippen LogP contribution is 2.33. The molecule has 1 amide bonds. The van der Waals surface area contributed by atoms with E-state index >= 15 is 0 Å². The minimum absolute atomic E-state index is 0. The second kappa shape index (κ2) is 33.0. The first-order chi connectivity index (χ1) is 38.9. The van der Waals surface area contributed by atoms with Crippen molar-refractivity contribution in [2.24, 2.45) is 5.73 Å². The van der Waals surface area contributed by atoms with Gasteiger partial charge in [0.1, 0.15) is 11.5 Å². The van der Waals surface area contributed by atoms with Crippen LogP contribution in [-0.2, 0) is 46.7 Å². The molecule has 8 aromatic rings. The van der Waals surface area contributed by atoms with Crippen LogP contribution in [0.3, 0.4) is 0 Å². The third-order valence-corrected chi connectivity index (χ3v) is 16.7. The largest absolute Gasteiger partial charge is 0.480 e. The van der Waals surface area contributed by atoms with Gasteiger partial charge in [0.15, 0.2) is 27.8 Å². The number of aromatic carboxylic acids is 1. The first-order valence-electron chi connectivity index (χ1n) is 27.1. The molecule has 0 fully saturated rings. The van der Waals surface area contributed by atoms with Crippen molar-refractivity contribution in [1.29, 1.82) is 0 Å². The average molecular weight is 1190 g/mol. The Balaban J connectivity index is 0.000000305. The first-order valence-corrected chi connectivity index (χ1v) is 29.5. The van der Waals surface area contributed by atoms with Crippen molar-refractivity contribution < 1.29 is 43.3 Å². The van der Waals surface area contributed by atoms with E-state index in [0.29, 0.717) is 41.2 Å². The van der Waals surface area contributed by atoms with E-state index in [9.17, 15) is 24.0 Å². The molecule has 84 heavy (non-hydrogen) atoms. The summed E-state index contributed by atoms with van der Waals surface area (Å²) in [5.41, 5.74) is 15.4. The summed E-state index contributed by atoms with van der Waals surface area (Å²) in [6.07, 6.45) is 3.02. The lowest BCUT2D eigenvalue weighted by atomic mass is 10.1. The van der Waals surface area contributed by atoms with Gasteiger partial charge >= 0.3 is 11.9 Å². The zero-order valence-electron chi connectivity index (χ0n) is 49.7. The number of hydrogen-bond acceptors (Lipinski definition) is 15. The van der Waals surface area contributed by atoms with Gasteiger partial charge in [0.2, 0.25) is 10.0 Å². The average Bonchev–Trinajstić information content (AvgIpc) is 4.34. The van der Waals surface area contributed by atoms with Gasteiger partial charge in [0, 0.05) is 21.5 Å². The molecule has 0 bridgehead atoms. The molecular weight excluding hydrogens is 1110 g/mol. The van der Waals surface area contributed by atoms with Crippen LogP contribution in [0.2, 0.25) is 0 Å². The maximum atomic E-state index is 12.6. The number of carbonyl (C=O) groups excluding carboxylic acids is 4. The Bertz CT molecular complexity index is 3410. The smallest absolute Gasteiger partial charge is 0.367 e. The van der Waals surface area contributed by atoms with E-state index in [1.54, 1.807) is 46.8 Å². The maximum absolute atomic E-state index is 12.6. The molecule has 0 saturated carbocycles. The fourth-order valence-corrected chi connectivity index (χ4v) is 10.4. The lowest BCUT2D eigenvalue weighted by Crippen LogP contribution is -2.36. The molecular formula is C66H79BN5O9S3. The molecule has 0 unspecified atom stereocenters. The van der Waals surface area contributed by atoms with Crippen LogP contribution >= 0.6 is 34.0 Å². The number of ketones is 2. The van der Waals surface area contributed by atoms with Crippen LogP contribution in [0.1, 0.15) is 151 Å². The van der Waals surface area contributed by atoms with Gasteiger partial charge in [-0.3, -0.25) is 14.4 Å². The number of nitrogens with one attached hydrogen (secondary N) is 1.